The fourth-order valence-electron chi connectivity index (χ4n) is 1.72. The fourth-order valence-corrected chi connectivity index (χ4v) is 1.72. The number of aliphatic hydroxyl groups is 1. The molecule has 14 heavy (non-hydrogen) atoms. The van der Waals surface area contributed by atoms with Crippen molar-refractivity contribution in [2.75, 3.05) is 0 Å². The van der Waals surface area contributed by atoms with Crippen LogP contribution in [0.4, 0.5) is 4.39 Å². The summed E-state index contributed by atoms with van der Waals surface area (Å²) in [4.78, 5) is 0. The zero-order valence-corrected chi connectivity index (χ0v) is 8.33. The molecule has 1 atom stereocenters. The third-order valence-electron chi connectivity index (χ3n) is 2.83. The first-order chi connectivity index (χ1) is 6.68. The van der Waals surface area contributed by atoms with Gasteiger partial charge in [-0.15, -0.1) is 0 Å². The van der Waals surface area contributed by atoms with Crippen LogP contribution in [0.5, 0.6) is 0 Å². The Kier molecular flexibility index (Phi) is 2.55. The average Bonchev–Trinajstić information content (AvgIpc) is 2.93. The number of benzene rings is 1. The highest BCUT2D eigenvalue weighted by molar-refractivity contribution is 5.26. The maximum atomic E-state index is 13.6. The second kappa shape index (κ2) is 3.70. The first-order valence-electron chi connectivity index (χ1n) is 5.11. The van der Waals surface area contributed by atoms with E-state index in [1.54, 1.807) is 25.1 Å². The van der Waals surface area contributed by atoms with Crippen molar-refractivity contribution in [3.8, 4) is 0 Å². The van der Waals surface area contributed by atoms with E-state index >= 15 is 0 Å². The largest absolute Gasteiger partial charge is 0.388 e. The molecule has 1 fully saturated rings. The molecule has 1 unspecified atom stereocenters. The first kappa shape index (κ1) is 9.66. The molecule has 1 N–H and O–H groups in total. The molecule has 0 aromatic heterocycles. The van der Waals surface area contributed by atoms with Crippen molar-refractivity contribution in [2.24, 2.45) is 5.92 Å². The Morgan fingerprint density at radius 3 is 2.86 bits per heavy atom. The van der Waals surface area contributed by atoms with E-state index in [2.05, 4.69) is 0 Å². The summed E-state index contributed by atoms with van der Waals surface area (Å²) in [5.74, 6) is 0.366. The molecule has 0 saturated heterocycles. The molecule has 0 bridgehead atoms. The van der Waals surface area contributed by atoms with Crippen molar-refractivity contribution in [2.45, 2.75) is 32.3 Å². The Morgan fingerprint density at radius 2 is 2.21 bits per heavy atom. The summed E-state index contributed by atoms with van der Waals surface area (Å²) in [6.07, 6.45) is 2.46. The number of aliphatic hydroxyl groups excluding tert-OH is 1. The molecular formula is C12H15FO. The van der Waals surface area contributed by atoms with Crippen LogP contribution in [0.1, 0.15) is 36.5 Å². The van der Waals surface area contributed by atoms with Gasteiger partial charge in [-0.25, -0.2) is 4.39 Å². The lowest BCUT2D eigenvalue weighted by molar-refractivity contribution is 0.155. The van der Waals surface area contributed by atoms with Crippen LogP contribution in [-0.2, 0) is 0 Å². The molecule has 2 heteroatoms. The summed E-state index contributed by atoms with van der Waals surface area (Å²) in [6.45, 7) is 1.72. The molecule has 1 aliphatic carbocycles. The summed E-state index contributed by atoms with van der Waals surface area (Å²) < 4.78 is 13.6. The van der Waals surface area contributed by atoms with Crippen LogP contribution >= 0.6 is 0 Å². The predicted molar refractivity (Wildman–Crippen MR) is 53.4 cm³/mol. The van der Waals surface area contributed by atoms with Gasteiger partial charge in [0.15, 0.2) is 0 Å². The van der Waals surface area contributed by atoms with E-state index in [0.29, 0.717) is 23.5 Å². The van der Waals surface area contributed by atoms with Gasteiger partial charge >= 0.3 is 0 Å². The van der Waals surface area contributed by atoms with Crippen molar-refractivity contribution in [1.29, 1.82) is 0 Å². The lowest BCUT2D eigenvalue weighted by Crippen LogP contribution is -2.02. The Bertz CT molecular complexity index is 331. The summed E-state index contributed by atoms with van der Waals surface area (Å²) in [6, 6.07) is 5.20. The molecule has 1 aromatic carbocycles. The van der Waals surface area contributed by atoms with Crippen LogP contribution in [0.25, 0.3) is 0 Å². The van der Waals surface area contributed by atoms with E-state index in [4.69, 9.17) is 0 Å². The van der Waals surface area contributed by atoms with Gasteiger partial charge in [0.1, 0.15) is 5.82 Å². The predicted octanol–water partition coefficient (Wildman–Crippen LogP) is 2.97. The minimum Gasteiger partial charge on any atom is -0.388 e. The van der Waals surface area contributed by atoms with Crippen LogP contribution in [0.15, 0.2) is 18.2 Å². The van der Waals surface area contributed by atoms with Crippen molar-refractivity contribution >= 4 is 0 Å². The van der Waals surface area contributed by atoms with E-state index in [-0.39, 0.29) is 5.82 Å². The van der Waals surface area contributed by atoms with Gasteiger partial charge in [-0.2, -0.15) is 0 Å². The molecule has 1 aliphatic rings. The Labute approximate surface area is 83.6 Å². The molecule has 0 heterocycles. The molecule has 0 aliphatic heterocycles. The van der Waals surface area contributed by atoms with E-state index in [0.717, 1.165) is 0 Å². The number of hydrogen-bond acceptors (Lipinski definition) is 1. The molecule has 76 valence electrons. The number of hydrogen-bond donors (Lipinski definition) is 1. The minimum absolute atomic E-state index is 0.249. The molecule has 0 spiro atoms. The number of rotatable bonds is 3. The highest BCUT2D eigenvalue weighted by Crippen LogP contribution is 2.38. The zero-order valence-electron chi connectivity index (χ0n) is 8.33. The van der Waals surface area contributed by atoms with E-state index in [9.17, 15) is 9.50 Å². The standard InChI is InChI=1S/C12H15FO/c1-8-3-2-4-10(12(8)13)11(14)7-9-5-6-9/h2-4,9,11,14H,5-7H2,1H3. The monoisotopic (exact) mass is 194 g/mol. The minimum atomic E-state index is -0.623. The molecule has 1 saturated carbocycles. The maximum Gasteiger partial charge on any atom is 0.131 e. The molecular weight excluding hydrogens is 179 g/mol. The van der Waals surface area contributed by atoms with Gasteiger partial charge in [0.05, 0.1) is 6.10 Å². The van der Waals surface area contributed by atoms with Crippen molar-refractivity contribution in [3.05, 3.63) is 35.1 Å². The van der Waals surface area contributed by atoms with Gasteiger partial charge in [0, 0.05) is 5.56 Å². The van der Waals surface area contributed by atoms with Crippen LogP contribution in [0.3, 0.4) is 0 Å². The van der Waals surface area contributed by atoms with Crippen molar-refractivity contribution in [1.82, 2.24) is 0 Å². The van der Waals surface area contributed by atoms with Crippen molar-refractivity contribution < 1.29 is 9.50 Å². The molecule has 0 amide bonds. The van der Waals surface area contributed by atoms with E-state index < -0.39 is 6.10 Å². The smallest absolute Gasteiger partial charge is 0.131 e. The van der Waals surface area contributed by atoms with Gasteiger partial charge < -0.3 is 5.11 Å². The second-order valence-electron chi connectivity index (χ2n) is 4.17. The molecule has 1 aromatic rings. The molecule has 0 radical (unpaired) electrons. The summed E-state index contributed by atoms with van der Waals surface area (Å²) >= 11 is 0. The number of aryl methyl sites for hydroxylation is 1. The highest BCUT2D eigenvalue weighted by Gasteiger charge is 2.26. The quantitative estimate of drug-likeness (QED) is 0.784. The second-order valence-corrected chi connectivity index (χ2v) is 4.17. The van der Waals surface area contributed by atoms with Crippen LogP contribution in [0, 0.1) is 18.7 Å². The topological polar surface area (TPSA) is 20.2 Å². The van der Waals surface area contributed by atoms with Crippen molar-refractivity contribution in [3.63, 3.8) is 0 Å². The van der Waals surface area contributed by atoms with Crippen LogP contribution in [-0.4, -0.2) is 5.11 Å². The summed E-state index contributed by atoms with van der Waals surface area (Å²) in [5, 5.41) is 9.80. The van der Waals surface area contributed by atoms with E-state index in [1.165, 1.54) is 12.8 Å². The lowest BCUT2D eigenvalue weighted by atomic mass is 10.0. The highest BCUT2D eigenvalue weighted by atomic mass is 19.1. The SMILES string of the molecule is Cc1cccc(C(O)CC2CC2)c1F. The maximum absolute atomic E-state index is 13.6. The summed E-state index contributed by atoms with van der Waals surface area (Å²) in [5.41, 5.74) is 1.06. The normalized spacial score (nSPS) is 18.2. The van der Waals surface area contributed by atoms with Gasteiger partial charge in [0.25, 0.3) is 0 Å². The Morgan fingerprint density at radius 1 is 1.50 bits per heavy atom. The van der Waals surface area contributed by atoms with Gasteiger partial charge in [0.2, 0.25) is 0 Å². The van der Waals surface area contributed by atoms with Crippen LogP contribution < -0.4 is 0 Å². The third kappa shape index (κ3) is 1.95. The van der Waals surface area contributed by atoms with Gasteiger partial charge in [-0.3, -0.25) is 0 Å². The summed E-state index contributed by atoms with van der Waals surface area (Å²) in [7, 11) is 0. The van der Waals surface area contributed by atoms with Gasteiger partial charge in [-0.05, 0) is 24.8 Å². The Balaban J connectivity index is 2.16. The van der Waals surface area contributed by atoms with Crippen LogP contribution in [0.2, 0.25) is 0 Å². The molecule has 1 nitrogen and oxygen atoms in total. The Hall–Kier alpha value is -0.890. The fraction of sp³-hybridized carbons (Fsp3) is 0.500. The average molecular weight is 194 g/mol. The van der Waals surface area contributed by atoms with Gasteiger partial charge in [-0.1, -0.05) is 31.0 Å². The molecule has 2 rings (SSSR count). The number of halogens is 1. The van der Waals surface area contributed by atoms with E-state index in [1.807, 2.05) is 0 Å². The third-order valence-corrected chi connectivity index (χ3v) is 2.83. The lowest BCUT2D eigenvalue weighted by Gasteiger charge is -2.12. The first-order valence-corrected chi connectivity index (χ1v) is 5.11. The zero-order chi connectivity index (χ0) is 10.1.